The summed E-state index contributed by atoms with van der Waals surface area (Å²) in [4.78, 5) is 29.8. The second kappa shape index (κ2) is 7.56. The lowest BCUT2D eigenvalue weighted by molar-refractivity contribution is -0.122. The van der Waals surface area contributed by atoms with Crippen LogP contribution >= 0.6 is 0 Å². The van der Waals surface area contributed by atoms with Crippen LogP contribution in [0.2, 0.25) is 0 Å². The van der Waals surface area contributed by atoms with Crippen molar-refractivity contribution in [2.75, 3.05) is 0 Å². The number of nitrogens with one attached hydrogen (secondary N) is 1. The Morgan fingerprint density at radius 2 is 1.96 bits per heavy atom. The van der Waals surface area contributed by atoms with Crippen LogP contribution in [0.4, 0.5) is 0 Å². The first-order chi connectivity index (χ1) is 13.7. The zero-order valence-corrected chi connectivity index (χ0v) is 15.5. The van der Waals surface area contributed by atoms with Gasteiger partial charge in [-0.15, -0.1) is 0 Å². The molecule has 1 N–H and O–H groups in total. The van der Waals surface area contributed by atoms with Gasteiger partial charge in [-0.25, -0.2) is 9.67 Å². The van der Waals surface area contributed by atoms with Crippen molar-refractivity contribution in [2.45, 2.75) is 26.4 Å². The first kappa shape index (κ1) is 17.8. The summed E-state index contributed by atoms with van der Waals surface area (Å²) >= 11 is 0. The minimum atomic E-state index is -0.238. The zero-order valence-electron chi connectivity index (χ0n) is 15.5. The van der Waals surface area contributed by atoms with Gasteiger partial charge in [0, 0.05) is 6.20 Å². The zero-order chi connectivity index (χ0) is 19.5. The molecule has 1 amide bonds. The van der Waals surface area contributed by atoms with Gasteiger partial charge in [0.15, 0.2) is 5.65 Å². The van der Waals surface area contributed by atoms with E-state index in [0.717, 1.165) is 6.42 Å². The van der Waals surface area contributed by atoms with E-state index in [9.17, 15) is 9.59 Å². The number of nitrogens with zero attached hydrogens (tertiary/aromatic N) is 3. The van der Waals surface area contributed by atoms with Gasteiger partial charge in [-0.1, -0.05) is 19.1 Å². The summed E-state index contributed by atoms with van der Waals surface area (Å²) in [5, 5.41) is 3.28. The van der Waals surface area contributed by atoms with Gasteiger partial charge in [0.1, 0.15) is 12.3 Å². The minimum Gasteiger partial charge on any atom is -0.467 e. The summed E-state index contributed by atoms with van der Waals surface area (Å²) < 4.78 is 8.35. The average Bonchev–Trinajstić information content (AvgIpc) is 3.34. The van der Waals surface area contributed by atoms with Crippen LogP contribution in [0.25, 0.3) is 16.7 Å². The number of fused-ring (bicyclic) bond motifs is 1. The third-order valence-electron chi connectivity index (χ3n) is 4.62. The third-order valence-corrected chi connectivity index (χ3v) is 4.62. The van der Waals surface area contributed by atoms with Crippen molar-refractivity contribution in [3.8, 4) is 5.69 Å². The molecule has 7 nitrogen and oxygen atoms in total. The molecule has 3 heterocycles. The highest BCUT2D eigenvalue weighted by molar-refractivity contribution is 5.80. The Hall–Kier alpha value is -3.61. The first-order valence-corrected chi connectivity index (χ1v) is 9.12. The van der Waals surface area contributed by atoms with Crippen molar-refractivity contribution in [3.05, 3.63) is 82.7 Å². The van der Waals surface area contributed by atoms with E-state index in [0.29, 0.717) is 22.5 Å². The highest BCUT2D eigenvalue weighted by atomic mass is 16.3. The van der Waals surface area contributed by atoms with Gasteiger partial charge in [-0.2, -0.15) is 0 Å². The van der Waals surface area contributed by atoms with Crippen LogP contribution in [-0.2, 0) is 24.3 Å². The summed E-state index contributed by atoms with van der Waals surface area (Å²) in [6.45, 7) is 2.32. The molecule has 0 saturated carbocycles. The van der Waals surface area contributed by atoms with Crippen molar-refractivity contribution in [1.82, 2.24) is 19.7 Å². The van der Waals surface area contributed by atoms with Crippen LogP contribution in [-0.4, -0.2) is 20.3 Å². The van der Waals surface area contributed by atoms with Crippen molar-refractivity contribution in [3.63, 3.8) is 0 Å². The van der Waals surface area contributed by atoms with E-state index in [4.69, 9.17) is 4.42 Å². The van der Waals surface area contributed by atoms with Crippen molar-refractivity contribution in [1.29, 1.82) is 0 Å². The highest BCUT2D eigenvalue weighted by Crippen LogP contribution is 2.14. The second-order valence-corrected chi connectivity index (χ2v) is 6.43. The fourth-order valence-electron chi connectivity index (χ4n) is 3.15. The summed E-state index contributed by atoms with van der Waals surface area (Å²) in [6, 6.07) is 14.7. The van der Waals surface area contributed by atoms with Gasteiger partial charge >= 0.3 is 0 Å². The van der Waals surface area contributed by atoms with Gasteiger partial charge in [-0.05, 0) is 48.4 Å². The molecule has 4 aromatic rings. The molecular formula is C21H20N4O3. The topological polar surface area (TPSA) is 82.1 Å². The normalized spacial score (nSPS) is 11.0. The number of hydrogen-bond donors (Lipinski definition) is 1. The highest BCUT2D eigenvalue weighted by Gasteiger charge is 2.17. The molecule has 0 bridgehead atoms. The molecule has 3 aromatic heterocycles. The monoisotopic (exact) mass is 376 g/mol. The number of rotatable bonds is 6. The Kier molecular flexibility index (Phi) is 4.80. The molecule has 0 aliphatic heterocycles. The Morgan fingerprint density at radius 1 is 1.14 bits per heavy atom. The molecule has 0 radical (unpaired) electrons. The van der Waals surface area contributed by atoms with Crippen LogP contribution in [0, 0.1) is 0 Å². The van der Waals surface area contributed by atoms with Gasteiger partial charge in [0.2, 0.25) is 5.91 Å². The minimum absolute atomic E-state index is 0.0357. The van der Waals surface area contributed by atoms with Gasteiger partial charge < -0.3 is 9.73 Å². The van der Waals surface area contributed by atoms with E-state index in [1.807, 2.05) is 24.3 Å². The molecule has 28 heavy (non-hydrogen) atoms. The lowest BCUT2D eigenvalue weighted by Crippen LogP contribution is -2.31. The molecule has 1 aromatic carbocycles. The van der Waals surface area contributed by atoms with Crippen LogP contribution < -0.4 is 10.9 Å². The maximum atomic E-state index is 13.0. The van der Waals surface area contributed by atoms with E-state index in [1.54, 1.807) is 41.4 Å². The Morgan fingerprint density at radius 3 is 2.68 bits per heavy atom. The molecule has 0 atom stereocenters. The van der Waals surface area contributed by atoms with Crippen molar-refractivity contribution in [2.24, 2.45) is 0 Å². The van der Waals surface area contributed by atoms with E-state index in [2.05, 4.69) is 17.2 Å². The Labute approximate surface area is 161 Å². The molecule has 0 unspecified atom stereocenters. The lowest BCUT2D eigenvalue weighted by atomic mass is 10.1. The third kappa shape index (κ3) is 3.34. The molecule has 0 spiro atoms. The maximum Gasteiger partial charge on any atom is 0.280 e. The molecule has 142 valence electrons. The molecule has 0 aliphatic rings. The van der Waals surface area contributed by atoms with Crippen molar-refractivity contribution >= 4 is 16.9 Å². The number of aromatic nitrogens is 3. The number of amides is 1. The van der Waals surface area contributed by atoms with Crippen LogP contribution in [0.15, 0.2) is 70.2 Å². The quantitative estimate of drug-likeness (QED) is 0.561. The summed E-state index contributed by atoms with van der Waals surface area (Å²) in [7, 11) is 0. The predicted molar refractivity (Wildman–Crippen MR) is 105 cm³/mol. The standard InChI is InChI=1S/C21H20N4O3/c1-2-15-7-9-16(10-8-15)25-21(27)18-6-3-11-22-20(18)24(25)14-19(26)23-13-17-5-4-12-28-17/h3-12H,2,13-14H2,1H3,(H,23,26). The second-order valence-electron chi connectivity index (χ2n) is 6.43. The Bertz CT molecular complexity index is 1150. The van der Waals surface area contributed by atoms with Crippen molar-refractivity contribution < 1.29 is 9.21 Å². The molecule has 7 heteroatoms. The number of aryl methyl sites for hydroxylation is 1. The largest absolute Gasteiger partial charge is 0.467 e. The first-order valence-electron chi connectivity index (χ1n) is 9.12. The molecular weight excluding hydrogens is 356 g/mol. The number of carbonyl (C=O) groups excluding carboxylic acids is 1. The van der Waals surface area contributed by atoms with Gasteiger partial charge in [-0.3, -0.25) is 14.3 Å². The van der Waals surface area contributed by atoms with E-state index in [-0.39, 0.29) is 24.6 Å². The van der Waals surface area contributed by atoms with Crippen LogP contribution in [0.3, 0.4) is 0 Å². The molecule has 0 saturated heterocycles. The summed E-state index contributed by atoms with van der Waals surface area (Å²) in [6.07, 6.45) is 4.08. The fraction of sp³-hybridized carbons (Fsp3) is 0.190. The lowest BCUT2D eigenvalue weighted by Gasteiger charge is -2.12. The number of hydrogen-bond acceptors (Lipinski definition) is 4. The van der Waals surface area contributed by atoms with E-state index < -0.39 is 0 Å². The predicted octanol–water partition coefficient (Wildman–Crippen LogP) is 2.66. The van der Waals surface area contributed by atoms with Gasteiger partial charge in [0.25, 0.3) is 5.56 Å². The summed E-state index contributed by atoms with van der Waals surface area (Å²) in [5.74, 6) is 0.425. The molecule has 0 aliphatic carbocycles. The fourth-order valence-corrected chi connectivity index (χ4v) is 3.15. The van der Waals surface area contributed by atoms with Gasteiger partial charge in [0.05, 0.1) is 23.9 Å². The number of furan rings is 1. The van der Waals surface area contributed by atoms with Crippen LogP contribution in [0.1, 0.15) is 18.2 Å². The summed E-state index contributed by atoms with van der Waals surface area (Å²) in [5.41, 5.74) is 2.14. The number of carbonyl (C=O) groups is 1. The van der Waals surface area contributed by atoms with Crippen LogP contribution in [0.5, 0.6) is 0 Å². The van der Waals surface area contributed by atoms with E-state index in [1.165, 1.54) is 10.2 Å². The number of benzene rings is 1. The SMILES string of the molecule is CCc1ccc(-n2c(=O)c3cccnc3n2CC(=O)NCc2ccco2)cc1. The smallest absolute Gasteiger partial charge is 0.280 e. The maximum absolute atomic E-state index is 13.0. The molecule has 4 rings (SSSR count). The Balaban J connectivity index is 1.71. The number of pyridine rings is 1. The van der Waals surface area contributed by atoms with E-state index >= 15 is 0 Å². The average molecular weight is 376 g/mol. The molecule has 0 fully saturated rings.